The topological polar surface area (TPSA) is 69.4 Å². The van der Waals surface area contributed by atoms with Crippen molar-refractivity contribution in [1.82, 2.24) is 10.1 Å². The van der Waals surface area contributed by atoms with E-state index in [1.54, 1.807) is 0 Å². The standard InChI is InChI=1S/C12H21N3O3/c1-11(2,3)9-14-10(15-18-9)13-6-5-12(4)16-7-8-17-12/h5-8H2,1-4H3,(H,13,15). The molecule has 18 heavy (non-hydrogen) atoms. The zero-order valence-corrected chi connectivity index (χ0v) is 11.4. The van der Waals surface area contributed by atoms with Gasteiger partial charge in [-0.15, -0.1) is 0 Å². The molecular formula is C12H21N3O3. The van der Waals surface area contributed by atoms with Gasteiger partial charge >= 0.3 is 0 Å². The molecule has 0 atom stereocenters. The van der Waals surface area contributed by atoms with Crippen LogP contribution in [0.4, 0.5) is 5.95 Å². The highest BCUT2D eigenvalue weighted by Gasteiger charge is 2.30. The van der Waals surface area contributed by atoms with Gasteiger partial charge in [0.15, 0.2) is 5.79 Å². The number of rotatable bonds is 4. The molecule has 1 N–H and O–H groups in total. The van der Waals surface area contributed by atoms with E-state index in [0.717, 1.165) is 6.42 Å². The number of hydrogen-bond acceptors (Lipinski definition) is 6. The van der Waals surface area contributed by atoms with Crippen molar-refractivity contribution < 1.29 is 14.0 Å². The van der Waals surface area contributed by atoms with Crippen LogP contribution in [0.1, 0.15) is 40.0 Å². The van der Waals surface area contributed by atoms with Gasteiger partial charge in [-0.3, -0.25) is 0 Å². The second-order valence-electron chi connectivity index (χ2n) is 5.68. The highest BCUT2D eigenvalue weighted by molar-refractivity contribution is 5.22. The van der Waals surface area contributed by atoms with Gasteiger partial charge in [-0.25, -0.2) is 0 Å². The third-order valence-corrected chi connectivity index (χ3v) is 2.83. The van der Waals surface area contributed by atoms with Gasteiger partial charge < -0.3 is 19.3 Å². The summed E-state index contributed by atoms with van der Waals surface area (Å²) >= 11 is 0. The van der Waals surface area contributed by atoms with Gasteiger partial charge in [0, 0.05) is 18.4 Å². The van der Waals surface area contributed by atoms with Crippen LogP contribution in [0, 0.1) is 0 Å². The van der Waals surface area contributed by atoms with Gasteiger partial charge in [-0.05, 0) is 12.1 Å². The Balaban J connectivity index is 1.82. The Morgan fingerprint density at radius 3 is 2.50 bits per heavy atom. The summed E-state index contributed by atoms with van der Waals surface area (Å²) in [7, 11) is 0. The molecule has 2 heterocycles. The van der Waals surface area contributed by atoms with Crippen molar-refractivity contribution in [1.29, 1.82) is 0 Å². The van der Waals surface area contributed by atoms with Gasteiger partial charge in [0.2, 0.25) is 5.89 Å². The molecule has 102 valence electrons. The maximum atomic E-state index is 5.51. The summed E-state index contributed by atoms with van der Waals surface area (Å²) in [6, 6.07) is 0. The minimum absolute atomic E-state index is 0.128. The minimum atomic E-state index is -0.483. The smallest absolute Gasteiger partial charge is 0.263 e. The molecule has 6 nitrogen and oxygen atoms in total. The quantitative estimate of drug-likeness (QED) is 0.886. The first kappa shape index (κ1) is 13.3. The zero-order valence-electron chi connectivity index (χ0n) is 11.4. The molecule has 2 rings (SSSR count). The molecular weight excluding hydrogens is 234 g/mol. The normalized spacial score (nSPS) is 19.1. The molecule has 1 aliphatic heterocycles. The number of hydrogen-bond donors (Lipinski definition) is 1. The predicted octanol–water partition coefficient (Wildman–Crippen LogP) is 1.93. The number of aromatic nitrogens is 2. The van der Waals surface area contributed by atoms with Crippen molar-refractivity contribution >= 4 is 5.95 Å². The Morgan fingerprint density at radius 2 is 1.94 bits per heavy atom. The Hall–Kier alpha value is -1.14. The molecule has 1 aliphatic rings. The fourth-order valence-corrected chi connectivity index (χ4v) is 1.70. The van der Waals surface area contributed by atoms with Crippen LogP contribution < -0.4 is 5.32 Å². The molecule has 0 saturated carbocycles. The van der Waals surface area contributed by atoms with Gasteiger partial charge in [0.1, 0.15) is 0 Å². The van der Waals surface area contributed by atoms with E-state index in [1.807, 2.05) is 27.7 Å². The summed E-state index contributed by atoms with van der Waals surface area (Å²) in [4.78, 5) is 4.30. The third kappa shape index (κ3) is 3.20. The monoisotopic (exact) mass is 255 g/mol. The molecule has 0 bridgehead atoms. The molecule has 0 unspecified atom stereocenters. The lowest BCUT2D eigenvalue weighted by atomic mass is 9.97. The number of nitrogens with one attached hydrogen (secondary N) is 1. The van der Waals surface area contributed by atoms with Gasteiger partial charge in [0.05, 0.1) is 13.2 Å². The predicted molar refractivity (Wildman–Crippen MR) is 66.4 cm³/mol. The van der Waals surface area contributed by atoms with Crippen LogP contribution in [0.25, 0.3) is 0 Å². The molecule has 1 saturated heterocycles. The number of anilines is 1. The Kier molecular flexibility index (Phi) is 3.59. The first-order valence-corrected chi connectivity index (χ1v) is 6.25. The van der Waals surface area contributed by atoms with E-state index in [9.17, 15) is 0 Å². The largest absolute Gasteiger partial charge is 0.351 e. The Labute approximate surface area is 107 Å². The van der Waals surface area contributed by atoms with Gasteiger partial charge in [0.25, 0.3) is 5.95 Å². The van der Waals surface area contributed by atoms with E-state index in [4.69, 9.17) is 14.0 Å². The second-order valence-corrected chi connectivity index (χ2v) is 5.68. The zero-order chi connectivity index (χ0) is 13.2. The van der Waals surface area contributed by atoms with E-state index < -0.39 is 5.79 Å². The van der Waals surface area contributed by atoms with Crippen LogP contribution in [0.3, 0.4) is 0 Å². The van der Waals surface area contributed by atoms with E-state index >= 15 is 0 Å². The van der Waals surface area contributed by atoms with Crippen LogP contribution in [0.5, 0.6) is 0 Å². The van der Waals surface area contributed by atoms with Crippen molar-refractivity contribution in [2.24, 2.45) is 0 Å². The average molecular weight is 255 g/mol. The van der Waals surface area contributed by atoms with E-state index in [1.165, 1.54) is 0 Å². The lowest BCUT2D eigenvalue weighted by molar-refractivity contribution is -0.144. The van der Waals surface area contributed by atoms with Crippen molar-refractivity contribution in [3.8, 4) is 0 Å². The molecule has 1 aromatic rings. The summed E-state index contributed by atoms with van der Waals surface area (Å²) in [5, 5.41) is 7.00. The summed E-state index contributed by atoms with van der Waals surface area (Å²) in [5.74, 6) is 0.662. The molecule has 0 aliphatic carbocycles. The van der Waals surface area contributed by atoms with Gasteiger partial charge in [-0.2, -0.15) is 4.98 Å². The first-order valence-electron chi connectivity index (χ1n) is 6.25. The first-order chi connectivity index (χ1) is 8.39. The molecule has 0 spiro atoms. The molecule has 0 radical (unpaired) electrons. The highest BCUT2D eigenvalue weighted by Crippen LogP contribution is 2.23. The Morgan fingerprint density at radius 1 is 1.28 bits per heavy atom. The van der Waals surface area contributed by atoms with Crippen molar-refractivity contribution in [2.45, 2.75) is 45.3 Å². The maximum absolute atomic E-state index is 5.51. The van der Waals surface area contributed by atoms with Crippen LogP contribution >= 0.6 is 0 Å². The number of ether oxygens (including phenoxy) is 2. The fraction of sp³-hybridized carbons (Fsp3) is 0.833. The summed E-state index contributed by atoms with van der Waals surface area (Å²) in [5.41, 5.74) is -0.128. The Bertz CT molecular complexity index is 392. The summed E-state index contributed by atoms with van der Waals surface area (Å²) in [6.07, 6.45) is 0.742. The summed E-state index contributed by atoms with van der Waals surface area (Å²) in [6.45, 7) is 10.0. The van der Waals surface area contributed by atoms with E-state index in [2.05, 4.69) is 15.5 Å². The fourth-order valence-electron chi connectivity index (χ4n) is 1.70. The molecule has 1 aromatic heterocycles. The molecule has 0 amide bonds. The molecule has 1 fully saturated rings. The van der Waals surface area contributed by atoms with Crippen LogP contribution in [0.2, 0.25) is 0 Å². The van der Waals surface area contributed by atoms with Crippen LogP contribution in [-0.2, 0) is 14.9 Å². The van der Waals surface area contributed by atoms with Crippen molar-refractivity contribution in [3.05, 3.63) is 5.89 Å². The van der Waals surface area contributed by atoms with Crippen LogP contribution in [0.15, 0.2) is 4.52 Å². The molecule has 0 aromatic carbocycles. The van der Waals surface area contributed by atoms with Gasteiger partial charge in [-0.1, -0.05) is 20.8 Å². The SMILES string of the molecule is CC1(CCNc2noc(C(C)(C)C)n2)OCCO1. The third-order valence-electron chi connectivity index (χ3n) is 2.83. The second kappa shape index (κ2) is 4.85. The number of nitrogens with zero attached hydrogens (tertiary/aromatic N) is 2. The summed E-state index contributed by atoms with van der Waals surface area (Å²) < 4.78 is 16.2. The van der Waals surface area contributed by atoms with E-state index in [0.29, 0.717) is 31.6 Å². The van der Waals surface area contributed by atoms with E-state index in [-0.39, 0.29) is 5.41 Å². The van der Waals surface area contributed by atoms with Crippen LogP contribution in [-0.4, -0.2) is 35.7 Å². The lowest BCUT2D eigenvalue weighted by Gasteiger charge is -2.21. The van der Waals surface area contributed by atoms with Crippen molar-refractivity contribution in [3.63, 3.8) is 0 Å². The highest BCUT2D eigenvalue weighted by atomic mass is 16.7. The molecule has 6 heteroatoms. The maximum Gasteiger partial charge on any atom is 0.263 e. The average Bonchev–Trinajstić information content (AvgIpc) is 2.87. The lowest BCUT2D eigenvalue weighted by Crippen LogP contribution is -2.28. The van der Waals surface area contributed by atoms with Crippen molar-refractivity contribution in [2.75, 3.05) is 25.1 Å². The minimum Gasteiger partial charge on any atom is -0.351 e.